The van der Waals surface area contributed by atoms with Crippen molar-refractivity contribution in [2.75, 3.05) is 7.11 Å². The maximum atomic E-state index is 14.6. The van der Waals surface area contributed by atoms with Crippen molar-refractivity contribution in [3.63, 3.8) is 0 Å². The van der Waals surface area contributed by atoms with Gasteiger partial charge in [0.25, 0.3) is 0 Å². The Hall–Kier alpha value is -5.43. The third kappa shape index (κ3) is 7.28. The molecule has 0 spiro atoms. The number of alkyl carbamates (subject to hydrolysis) is 1. The maximum Gasteiger partial charge on any atom is 0.407 e. The third-order valence-corrected chi connectivity index (χ3v) is 13.2. The molecule has 0 saturated carbocycles. The van der Waals surface area contributed by atoms with Gasteiger partial charge in [-0.05, 0) is 124 Å². The fourth-order valence-electron chi connectivity index (χ4n) is 10.4. The number of hydrogen-bond donors (Lipinski definition) is 3. The standard InChI is InChI=1S/C47H56N7O6/c1-24(2)16-41(55)53-25(3)8-14-38(53)44-48-22-37(50-44)30-10-12-33-32(19-30)23-59-40-21-34-29(20-35(33)40)11-13-36-43(34)51-45(49-36)39-15-9-26(4)54(39)46(56)42(52-47(57)58-7)31-17-27(5)60-28(6)18-31/h10-13,16,19-22,24-28,31,38-39,42H,8-9,14-15,17-18,23H2,1-7H3,(H,48,50)(H,49,51)(H,52,57)/t25-,26-,27+,28+,38-,39-,42+/m0/s1. The zero-order chi connectivity index (χ0) is 42.0. The summed E-state index contributed by atoms with van der Waals surface area (Å²) in [6.07, 6.45) is 7.74. The number of amides is 3. The molecule has 3 saturated heterocycles. The number of nitrogens with zero attached hydrogens (tertiary/aromatic N) is 4. The SMILES string of the molecule is COC(=O)N[C@@H](C(=O)N1[C@@H](C)CC[C@H]1c1nc2ccc3cc4c(cc3c2[nH]1)OCc1cc(-c2cnc([C@@H]3CC[C@H](C)N3C(=O)[CH]C(C)C)[nH]2)ccc1-4)C1C[C@@H](C)O[C@H](C)C1. The van der Waals surface area contributed by atoms with Gasteiger partial charge in [0, 0.05) is 23.0 Å². The summed E-state index contributed by atoms with van der Waals surface area (Å²) in [5.41, 5.74) is 6.87. The van der Waals surface area contributed by atoms with Crippen LogP contribution in [0.2, 0.25) is 0 Å². The van der Waals surface area contributed by atoms with Gasteiger partial charge in [-0.2, -0.15) is 0 Å². The lowest BCUT2D eigenvalue weighted by Crippen LogP contribution is -2.55. The molecule has 3 amide bonds. The number of aromatic amines is 2. The van der Waals surface area contributed by atoms with Crippen LogP contribution in [0.15, 0.2) is 48.7 Å². The second kappa shape index (κ2) is 15.9. The molecular weight excluding hydrogens is 759 g/mol. The number of imidazole rings is 2. The molecule has 13 nitrogen and oxygen atoms in total. The number of methoxy groups -OCH3 is 1. The smallest absolute Gasteiger partial charge is 0.407 e. The van der Waals surface area contributed by atoms with E-state index in [-0.39, 0.29) is 60.0 Å². The highest BCUT2D eigenvalue weighted by atomic mass is 16.5. The average Bonchev–Trinajstić information content (AvgIpc) is 4.03. The number of carbonyl (C=O) groups excluding carboxylic acids is 3. The number of benzene rings is 3. The van der Waals surface area contributed by atoms with Crippen LogP contribution < -0.4 is 10.1 Å². The Morgan fingerprint density at radius 2 is 1.62 bits per heavy atom. The fraction of sp³-hybridized carbons (Fsp3) is 0.489. The molecule has 0 unspecified atom stereocenters. The molecule has 13 heteroatoms. The van der Waals surface area contributed by atoms with E-state index in [1.165, 1.54) is 7.11 Å². The molecule has 3 aromatic carbocycles. The molecule has 3 fully saturated rings. The predicted molar refractivity (Wildman–Crippen MR) is 229 cm³/mol. The molecule has 6 heterocycles. The zero-order valence-corrected chi connectivity index (χ0v) is 35.6. The van der Waals surface area contributed by atoms with Crippen molar-refractivity contribution in [2.24, 2.45) is 11.8 Å². The summed E-state index contributed by atoms with van der Waals surface area (Å²) in [6.45, 7) is 12.7. The second-order valence-corrected chi connectivity index (χ2v) is 17.9. The van der Waals surface area contributed by atoms with E-state index in [4.69, 9.17) is 24.2 Å². The van der Waals surface area contributed by atoms with Crippen LogP contribution in [0, 0.1) is 18.3 Å². The number of likely N-dealkylation sites (tertiary alicyclic amines) is 2. The van der Waals surface area contributed by atoms with E-state index >= 15 is 0 Å². The number of aromatic nitrogens is 4. The van der Waals surface area contributed by atoms with Crippen LogP contribution in [-0.4, -0.2) is 85.1 Å². The van der Waals surface area contributed by atoms with Crippen LogP contribution in [0.3, 0.4) is 0 Å². The lowest BCUT2D eigenvalue weighted by atomic mass is 9.85. The zero-order valence-electron chi connectivity index (χ0n) is 35.6. The van der Waals surface area contributed by atoms with E-state index in [9.17, 15) is 14.4 Å². The quantitative estimate of drug-likeness (QED) is 0.141. The first-order valence-corrected chi connectivity index (χ1v) is 21.6. The number of hydrogen-bond acceptors (Lipinski definition) is 8. The lowest BCUT2D eigenvalue weighted by Gasteiger charge is -2.39. The summed E-state index contributed by atoms with van der Waals surface area (Å²) in [6, 6.07) is 13.9. The normalized spacial score (nSPS) is 25.6. The highest BCUT2D eigenvalue weighted by Crippen LogP contribution is 2.44. The maximum absolute atomic E-state index is 14.6. The predicted octanol–water partition coefficient (Wildman–Crippen LogP) is 8.56. The number of ether oxygens (including phenoxy) is 3. The van der Waals surface area contributed by atoms with Gasteiger partial charge in [0.05, 0.1) is 60.7 Å². The Kier molecular flexibility index (Phi) is 10.6. The Morgan fingerprint density at radius 1 is 0.883 bits per heavy atom. The fourth-order valence-corrected chi connectivity index (χ4v) is 10.4. The highest BCUT2D eigenvalue weighted by molar-refractivity contribution is 6.07. The van der Waals surface area contributed by atoms with Crippen LogP contribution in [0.4, 0.5) is 4.79 Å². The number of fused-ring (bicyclic) bond motifs is 6. The average molecular weight is 815 g/mol. The minimum atomic E-state index is -0.740. The van der Waals surface area contributed by atoms with Gasteiger partial charge < -0.3 is 39.3 Å². The number of rotatable bonds is 8. The minimum absolute atomic E-state index is 0.0225. The van der Waals surface area contributed by atoms with E-state index in [0.717, 1.165) is 92.8 Å². The Morgan fingerprint density at radius 3 is 2.35 bits per heavy atom. The van der Waals surface area contributed by atoms with Gasteiger partial charge >= 0.3 is 6.09 Å². The van der Waals surface area contributed by atoms with Gasteiger partial charge in [0.15, 0.2) is 0 Å². The molecule has 7 atom stereocenters. The van der Waals surface area contributed by atoms with Crippen molar-refractivity contribution in [1.29, 1.82) is 0 Å². The Balaban J connectivity index is 0.981. The van der Waals surface area contributed by atoms with E-state index in [1.807, 2.05) is 49.8 Å². The van der Waals surface area contributed by atoms with E-state index < -0.39 is 12.1 Å². The van der Waals surface area contributed by atoms with Crippen LogP contribution in [0.25, 0.3) is 44.2 Å². The van der Waals surface area contributed by atoms with Gasteiger partial charge in [-0.15, -0.1) is 0 Å². The molecule has 60 heavy (non-hydrogen) atoms. The van der Waals surface area contributed by atoms with Crippen LogP contribution in [0.5, 0.6) is 5.75 Å². The largest absolute Gasteiger partial charge is 0.488 e. The topological polar surface area (TPSA) is 155 Å². The summed E-state index contributed by atoms with van der Waals surface area (Å²) in [5, 5.41) is 4.94. The molecule has 9 rings (SSSR count). The minimum Gasteiger partial charge on any atom is -0.488 e. The summed E-state index contributed by atoms with van der Waals surface area (Å²) in [5.74, 6) is 2.40. The first-order chi connectivity index (χ1) is 28.9. The molecule has 5 aromatic rings. The van der Waals surface area contributed by atoms with Crippen LogP contribution in [-0.2, 0) is 25.7 Å². The summed E-state index contributed by atoms with van der Waals surface area (Å²) < 4.78 is 17.4. The summed E-state index contributed by atoms with van der Waals surface area (Å²) in [7, 11) is 1.32. The first-order valence-electron chi connectivity index (χ1n) is 21.6. The van der Waals surface area contributed by atoms with Gasteiger partial charge in [-0.25, -0.2) is 14.8 Å². The lowest BCUT2D eigenvalue weighted by molar-refractivity contribution is -0.140. The number of nitrogens with one attached hydrogen (secondary N) is 3. The molecule has 3 N–H and O–H groups in total. The van der Waals surface area contributed by atoms with Crippen LogP contribution in [0.1, 0.15) is 109 Å². The van der Waals surface area contributed by atoms with Gasteiger partial charge in [-0.1, -0.05) is 32.0 Å². The molecular formula is C47H56N7O6. The molecule has 0 bridgehead atoms. The Bertz CT molecular complexity index is 2450. The summed E-state index contributed by atoms with van der Waals surface area (Å²) in [4.78, 5) is 61.2. The van der Waals surface area contributed by atoms with Crippen molar-refractivity contribution in [3.05, 3.63) is 72.3 Å². The second-order valence-electron chi connectivity index (χ2n) is 17.9. The van der Waals surface area contributed by atoms with Gasteiger partial charge in [-0.3, -0.25) is 9.59 Å². The van der Waals surface area contributed by atoms with Crippen molar-refractivity contribution >= 4 is 39.7 Å². The van der Waals surface area contributed by atoms with Crippen LogP contribution >= 0.6 is 0 Å². The molecule has 1 radical (unpaired) electrons. The van der Waals surface area contributed by atoms with Crippen molar-refractivity contribution < 1.29 is 28.6 Å². The third-order valence-electron chi connectivity index (χ3n) is 13.2. The molecule has 4 aliphatic rings. The Labute approximate surface area is 350 Å². The molecule has 4 aliphatic heterocycles. The molecule has 315 valence electrons. The first kappa shape index (κ1) is 40.0. The summed E-state index contributed by atoms with van der Waals surface area (Å²) >= 11 is 0. The highest BCUT2D eigenvalue weighted by Gasteiger charge is 2.44. The van der Waals surface area contributed by atoms with Gasteiger partial charge in [0.2, 0.25) is 11.8 Å². The molecule has 0 aliphatic carbocycles. The van der Waals surface area contributed by atoms with Crippen molar-refractivity contribution in [1.82, 2.24) is 35.1 Å². The number of carbonyl (C=O) groups is 3. The monoisotopic (exact) mass is 814 g/mol. The van der Waals surface area contributed by atoms with Gasteiger partial charge in [0.1, 0.15) is 30.0 Å². The van der Waals surface area contributed by atoms with E-state index in [0.29, 0.717) is 19.4 Å². The van der Waals surface area contributed by atoms with E-state index in [2.05, 4.69) is 65.5 Å². The molecule has 2 aromatic heterocycles. The van der Waals surface area contributed by atoms with Crippen molar-refractivity contribution in [3.8, 4) is 28.1 Å². The van der Waals surface area contributed by atoms with Crippen molar-refractivity contribution in [2.45, 2.75) is 129 Å². The van der Waals surface area contributed by atoms with E-state index in [1.54, 1.807) is 6.42 Å². The number of H-pyrrole nitrogens is 2.